The lowest BCUT2D eigenvalue weighted by Crippen LogP contribution is -2.29. The van der Waals surface area contributed by atoms with Gasteiger partial charge in [-0.2, -0.15) is 0 Å². The van der Waals surface area contributed by atoms with Gasteiger partial charge < -0.3 is 9.47 Å². The van der Waals surface area contributed by atoms with Crippen molar-refractivity contribution >= 4 is 45.7 Å². The molecule has 0 aromatic heterocycles. The fraction of sp³-hybridized carbons (Fsp3) is 0.350. The summed E-state index contributed by atoms with van der Waals surface area (Å²) in [5, 5.41) is -0.0192. The molecular weight excluding hydrogens is 451 g/mol. The van der Waals surface area contributed by atoms with E-state index in [9.17, 15) is 4.79 Å². The van der Waals surface area contributed by atoms with Crippen molar-refractivity contribution in [3.05, 3.63) is 63.9 Å². The number of hydrogen-bond acceptors (Lipinski definition) is 3. The van der Waals surface area contributed by atoms with Gasteiger partial charge in [0, 0.05) is 12.0 Å². The predicted molar refractivity (Wildman–Crippen MR) is 111 cm³/mol. The third-order valence-corrected chi connectivity index (χ3v) is 5.63. The second kappa shape index (κ2) is 8.41. The number of benzene rings is 1. The molecule has 0 aliphatic heterocycles. The van der Waals surface area contributed by atoms with Crippen molar-refractivity contribution in [2.75, 3.05) is 6.61 Å². The van der Waals surface area contributed by atoms with Gasteiger partial charge in [0.2, 0.25) is 0 Å². The van der Waals surface area contributed by atoms with Gasteiger partial charge in [-0.05, 0) is 67.0 Å². The molecule has 0 N–H and O–H groups in total. The maximum Gasteiger partial charge on any atom is 0.353 e. The van der Waals surface area contributed by atoms with Crippen LogP contribution in [0.2, 0.25) is 0 Å². The minimum atomic E-state index is -0.639. The van der Waals surface area contributed by atoms with Crippen LogP contribution in [0.4, 0.5) is 0 Å². The molecule has 1 aliphatic carbocycles. The Balaban J connectivity index is 2.45. The lowest BCUT2D eigenvalue weighted by Gasteiger charge is -2.35. The molecule has 1 aromatic rings. The standard InChI is InChI=1S/C20H22ClIO3/c1-5-24-19(23)18(21)15(4)25-20(22)12-8-10-14(3)17(20)16-11-7-6-9-13(16)2/h6-11H,5,12H2,1-4H3. The normalized spacial score (nSPS) is 21.0. The Labute approximate surface area is 167 Å². The summed E-state index contributed by atoms with van der Waals surface area (Å²) in [7, 11) is 0. The number of hydrogen-bond donors (Lipinski definition) is 0. The van der Waals surface area contributed by atoms with Gasteiger partial charge in [0.15, 0.2) is 8.64 Å². The molecule has 25 heavy (non-hydrogen) atoms. The molecule has 0 spiro atoms. The first-order valence-corrected chi connectivity index (χ1v) is 9.61. The summed E-state index contributed by atoms with van der Waals surface area (Å²) < 4.78 is 10.5. The fourth-order valence-corrected chi connectivity index (χ4v) is 4.25. The highest BCUT2D eigenvalue weighted by atomic mass is 127. The third kappa shape index (κ3) is 4.47. The van der Waals surface area contributed by atoms with Gasteiger partial charge in [-0.1, -0.05) is 48.0 Å². The van der Waals surface area contributed by atoms with Crippen molar-refractivity contribution in [1.82, 2.24) is 0 Å². The Morgan fingerprint density at radius 2 is 2.00 bits per heavy atom. The molecule has 5 heteroatoms. The van der Waals surface area contributed by atoms with Gasteiger partial charge in [0.1, 0.15) is 5.76 Å². The van der Waals surface area contributed by atoms with Crippen LogP contribution in [-0.2, 0) is 14.3 Å². The molecule has 1 atom stereocenters. The minimum Gasteiger partial charge on any atom is -0.475 e. The highest BCUT2D eigenvalue weighted by molar-refractivity contribution is 14.1. The number of alkyl halides is 1. The number of ether oxygens (including phenoxy) is 2. The molecule has 0 amide bonds. The third-order valence-electron chi connectivity index (χ3n) is 4.01. The summed E-state index contributed by atoms with van der Waals surface area (Å²) in [6.07, 6.45) is 4.86. The molecule has 1 aromatic carbocycles. The Morgan fingerprint density at radius 3 is 2.64 bits per heavy atom. The van der Waals surface area contributed by atoms with E-state index in [0.29, 0.717) is 12.2 Å². The van der Waals surface area contributed by atoms with Gasteiger partial charge in [0.05, 0.1) is 6.61 Å². The van der Waals surface area contributed by atoms with E-state index in [1.807, 2.05) is 12.1 Å². The van der Waals surface area contributed by atoms with Gasteiger partial charge in [0.25, 0.3) is 0 Å². The molecule has 0 radical (unpaired) electrons. The molecule has 2 rings (SSSR count). The maximum atomic E-state index is 11.9. The number of allylic oxidation sites excluding steroid dienone is 3. The zero-order valence-corrected chi connectivity index (χ0v) is 17.8. The lowest BCUT2D eigenvalue weighted by atomic mass is 9.87. The number of aryl methyl sites for hydroxylation is 1. The molecule has 3 nitrogen and oxygen atoms in total. The van der Waals surface area contributed by atoms with E-state index >= 15 is 0 Å². The number of carbonyl (C=O) groups is 1. The molecule has 1 unspecified atom stereocenters. The highest BCUT2D eigenvalue weighted by Gasteiger charge is 2.37. The van der Waals surface area contributed by atoms with Gasteiger partial charge in [-0.3, -0.25) is 0 Å². The van der Waals surface area contributed by atoms with Gasteiger partial charge in [-0.25, -0.2) is 4.79 Å². The summed E-state index contributed by atoms with van der Waals surface area (Å²) in [6, 6.07) is 8.22. The van der Waals surface area contributed by atoms with Crippen LogP contribution in [-0.4, -0.2) is 16.2 Å². The van der Waals surface area contributed by atoms with Crippen LogP contribution in [0.3, 0.4) is 0 Å². The molecule has 0 saturated heterocycles. The Hall–Kier alpha value is -1.27. The van der Waals surface area contributed by atoms with E-state index in [4.69, 9.17) is 21.1 Å². The van der Waals surface area contributed by atoms with Crippen LogP contribution in [0.15, 0.2) is 52.8 Å². The molecule has 0 bridgehead atoms. The van der Waals surface area contributed by atoms with Crippen molar-refractivity contribution in [2.24, 2.45) is 0 Å². The smallest absolute Gasteiger partial charge is 0.353 e. The Bertz CT molecular complexity index is 764. The fourth-order valence-electron chi connectivity index (χ4n) is 2.85. The average molecular weight is 473 g/mol. The maximum absolute atomic E-state index is 11.9. The van der Waals surface area contributed by atoms with E-state index in [0.717, 1.165) is 16.7 Å². The van der Waals surface area contributed by atoms with E-state index in [1.54, 1.807) is 13.8 Å². The molecular formula is C20H22ClIO3. The summed E-state index contributed by atoms with van der Waals surface area (Å²) >= 11 is 8.45. The van der Waals surface area contributed by atoms with Crippen molar-refractivity contribution in [3.8, 4) is 0 Å². The summed E-state index contributed by atoms with van der Waals surface area (Å²) in [6.45, 7) is 7.86. The lowest BCUT2D eigenvalue weighted by molar-refractivity contribution is -0.138. The average Bonchev–Trinajstić information content (AvgIpc) is 2.55. The van der Waals surface area contributed by atoms with Crippen LogP contribution in [0.1, 0.15) is 38.3 Å². The van der Waals surface area contributed by atoms with Crippen LogP contribution < -0.4 is 0 Å². The number of rotatable bonds is 5. The molecule has 0 saturated carbocycles. The first-order valence-electron chi connectivity index (χ1n) is 8.15. The van der Waals surface area contributed by atoms with E-state index in [1.165, 1.54) is 5.56 Å². The predicted octanol–water partition coefficient (Wildman–Crippen LogP) is 5.91. The minimum absolute atomic E-state index is 0.0192. The molecule has 0 fully saturated rings. The van der Waals surface area contributed by atoms with Crippen LogP contribution in [0.5, 0.6) is 0 Å². The van der Waals surface area contributed by atoms with Crippen molar-refractivity contribution < 1.29 is 14.3 Å². The molecule has 134 valence electrons. The largest absolute Gasteiger partial charge is 0.475 e. The SMILES string of the molecule is CCOC(=O)C(Cl)=C(C)OC1(I)CC=CC(C)=C1c1ccccc1C. The quantitative estimate of drug-likeness (QED) is 0.176. The zero-order chi connectivity index (χ0) is 18.6. The van der Waals surface area contributed by atoms with Crippen molar-refractivity contribution in [2.45, 2.75) is 37.7 Å². The number of carbonyl (C=O) groups excluding carboxylic acids is 1. The van der Waals surface area contributed by atoms with E-state index in [2.05, 4.69) is 60.7 Å². The summed E-state index contributed by atoms with van der Waals surface area (Å²) in [5.74, 6) is -0.199. The Kier molecular flexibility index (Phi) is 6.74. The number of halogens is 2. The van der Waals surface area contributed by atoms with Crippen LogP contribution in [0, 0.1) is 6.92 Å². The first-order chi connectivity index (χ1) is 11.8. The van der Waals surface area contributed by atoms with Gasteiger partial charge in [-0.15, -0.1) is 0 Å². The van der Waals surface area contributed by atoms with Gasteiger partial charge >= 0.3 is 5.97 Å². The van der Waals surface area contributed by atoms with Crippen LogP contribution in [0.25, 0.3) is 5.57 Å². The highest BCUT2D eigenvalue weighted by Crippen LogP contribution is 2.47. The second-order valence-electron chi connectivity index (χ2n) is 5.90. The van der Waals surface area contributed by atoms with E-state index in [-0.39, 0.29) is 11.6 Å². The van der Waals surface area contributed by atoms with Crippen molar-refractivity contribution in [1.29, 1.82) is 0 Å². The number of esters is 1. The molecule has 1 aliphatic rings. The summed E-state index contributed by atoms with van der Waals surface area (Å²) in [5.41, 5.74) is 4.55. The first kappa shape index (κ1) is 20.0. The Morgan fingerprint density at radius 1 is 1.32 bits per heavy atom. The second-order valence-corrected chi connectivity index (χ2v) is 8.02. The van der Waals surface area contributed by atoms with Crippen LogP contribution >= 0.6 is 34.2 Å². The zero-order valence-electron chi connectivity index (χ0n) is 14.9. The summed E-state index contributed by atoms with van der Waals surface area (Å²) in [4.78, 5) is 11.9. The molecule has 0 heterocycles. The topological polar surface area (TPSA) is 35.5 Å². The monoisotopic (exact) mass is 472 g/mol. The van der Waals surface area contributed by atoms with Crippen molar-refractivity contribution in [3.63, 3.8) is 0 Å². The van der Waals surface area contributed by atoms with E-state index < -0.39 is 9.58 Å².